The van der Waals surface area contributed by atoms with Crippen molar-refractivity contribution < 1.29 is 23.9 Å². The van der Waals surface area contributed by atoms with Crippen LogP contribution in [-0.4, -0.2) is 34.5 Å². The predicted molar refractivity (Wildman–Crippen MR) is 155 cm³/mol. The molecule has 0 fully saturated rings. The van der Waals surface area contributed by atoms with Crippen LogP contribution in [0.25, 0.3) is 0 Å². The van der Waals surface area contributed by atoms with Crippen LogP contribution in [0.1, 0.15) is 61.6 Å². The van der Waals surface area contributed by atoms with Crippen molar-refractivity contribution in [1.29, 1.82) is 0 Å². The van der Waals surface area contributed by atoms with Crippen molar-refractivity contribution in [3.63, 3.8) is 0 Å². The summed E-state index contributed by atoms with van der Waals surface area (Å²) in [5, 5.41) is 15.2. The third-order valence-corrected chi connectivity index (χ3v) is 7.49. The minimum Gasteiger partial charge on any atom is -0.478 e. The second-order valence-corrected chi connectivity index (χ2v) is 11.8. The standard InChI is InChI=1S/C30H30Cl2FN3O4/c1-5-36(28(40)34-19-12-9-17(10-13-19)26(37)38)25(20-7-6-8-22(32)24(20)33)30(16-29(2,3)4)21-14-11-18(31)15-23(21)35-27(30)39/h6-15,25H,5,16H2,1-4H3,(H,34,40)(H,35,39)(H,37,38)/t25?,30-/m0/s1. The zero-order valence-corrected chi connectivity index (χ0v) is 24.0. The van der Waals surface area contributed by atoms with Crippen molar-refractivity contribution >= 4 is 52.5 Å². The molecule has 1 aliphatic rings. The van der Waals surface area contributed by atoms with Gasteiger partial charge < -0.3 is 20.6 Å². The van der Waals surface area contributed by atoms with E-state index < -0.39 is 34.7 Å². The Morgan fingerprint density at radius 1 is 1.10 bits per heavy atom. The van der Waals surface area contributed by atoms with Crippen molar-refractivity contribution in [1.82, 2.24) is 4.90 Å². The molecule has 1 unspecified atom stereocenters. The van der Waals surface area contributed by atoms with Crippen LogP contribution in [-0.2, 0) is 10.2 Å². The molecule has 0 bridgehead atoms. The molecule has 2 atom stereocenters. The van der Waals surface area contributed by atoms with Crippen molar-refractivity contribution in [3.05, 3.63) is 93.2 Å². The average molecular weight is 586 g/mol. The van der Waals surface area contributed by atoms with Gasteiger partial charge in [0.1, 0.15) is 11.2 Å². The number of carboxylic acids is 1. The lowest BCUT2D eigenvalue weighted by molar-refractivity contribution is -0.124. The highest BCUT2D eigenvalue weighted by molar-refractivity contribution is 6.31. The average Bonchev–Trinajstić information content (AvgIpc) is 3.13. The summed E-state index contributed by atoms with van der Waals surface area (Å²) in [6, 6.07) is 13.6. The van der Waals surface area contributed by atoms with Gasteiger partial charge in [-0.2, -0.15) is 0 Å². The normalized spacial score (nSPS) is 17.1. The quantitative estimate of drug-likeness (QED) is 0.264. The van der Waals surface area contributed by atoms with Crippen LogP contribution in [0.2, 0.25) is 10.0 Å². The van der Waals surface area contributed by atoms with Crippen LogP contribution in [0.4, 0.5) is 20.6 Å². The number of hydrogen-bond donors (Lipinski definition) is 3. The first kappa shape index (κ1) is 29.4. The van der Waals surface area contributed by atoms with Gasteiger partial charge in [-0.1, -0.05) is 62.2 Å². The van der Waals surface area contributed by atoms with Gasteiger partial charge in [-0.05, 0) is 66.8 Å². The first-order valence-electron chi connectivity index (χ1n) is 12.7. The number of nitrogens with zero attached hydrogens (tertiary/aromatic N) is 1. The second-order valence-electron chi connectivity index (χ2n) is 11.0. The molecule has 0 spiro atoms. The molecular weight excluding hydrogens is 556 g/mol. The summed E-state index contributed by atoms with van der Waals surface area (Å²) < 4.78 is 15.9. The van der Waals surface area contributed by atoms with Gasteiger partial charge in [0.2, 0.25) is 5.91 Å². The highest BCUT2D eigenvalue weighted by Crippen LogP contribution is 2.55. The van der Waals surface area contributed by atoms with Crippen molar-refractivity contribution in [2.75, 3.05) is 17.2 Å². The largest absolute Gasteiger partial charge is 0.478 e. The van der Waals surface area contributed by atoms with Crippen LogP contribution < -0.4 is 10.6 Å². The summed E-state index contributed by atoms with van der Waals surface area (Å²) in [4.78, 5) is 40.7. The number of benzene rings is 3. The molecule has 3 N–H and O–H groups in total. The Balaban J connectivity index is 1.93. The van der Waals surface area contributed by atoms with Gasteiger partial charge >= 0.3 is 12.0 Å². The third-order valence-electron chi connectivity index (χ3n) is 6.96. The van der Waals surface area contributed by atoms with E-state index in [4.69, 9.17) is 23.2 Å². The van der Waals surface area contributed by atoms with Gasteiger partial charge in [0.25, 0.3) is 0 Å². The van der Waals surface area contributed by atoms with Crippen LogP contribution in [0, 0.1) is 11.2 Å². The maximum absolute atomic E-state index is 15.9. The van der Waals surface area contributed by atoms with E-state index in [9.17, 15) is 19.5 Å². The summed E-state index contributed by atoms with van der Waals surface area (Å²) in [5.74, 6) is -2.21. The number of halogens is 3. The fraction of sp³-hybridized carbons (Fsp3) is 0.300. The van der Waals surface area contributed by atoms with E-state index in [0.717, 1.165) is 0 Å². The number of aromatic carboxylic acids is 1. The van der Waals surface area contributed by atoms with E-state index in [1.165, 1.54) is 41.3 Å². The van der Waals surface area contributed by atoms with Gasteiger partial charge in [-0.3, -0.25) is 4.79 Å². The summed E-state index contributed by atoms with van der Waals surface area (Å²) in [6.07, 6.45) is 0.258. The third kappa shape index (κ3) is 5.51. The number of hydrogen-bond acceptors (Lipinski definition) is 3. The van der Waals surface area contributed by atoms with Crippen molar-refractivity contribution in [2.45, 2.75) is 45.6 Å². The molecular formula is C30H30Cl2FN3O4. The maximum atomic E-state index is 15.9. The number of urea groups is 1. The Bertz CT molecular complexity index is 1470. The molecule has 40 heavy (non-hydrogen) atoms. The number of amides is 3. The molecule has 0 saturated carbocycles. The predicted octanol–water partition coefficient (Wildman–Crippen LogP) is 7.75. The van der Waals surface area contributed by atoms with Crippen molar-refractivity contribution in [2.24, 2.45) is 5.41 Å². The molecule has 0 aliphatic carbocycles. The Kier molecular flexibility index (Phi) is 8.15. The number of anilines is 2. The Morgan fingerprint density at radius 3 is 2.38 bits per heavy atom. The molecule has 10 heteroatoms. The minimum atomic E-state index is -1.41. The number of carbonyl (C=O) groups is 3. The molecule has 0 aromatic heterocycles. The summed E-state index contributed by atoms with van der Waals surface area (Å²) >= 11 is 12.5. The molecule has 3 amide bonds. The first-order chi connectivity index (χ1) is 18.8. The van der Waals surface area contributed by atoms with Gasteiger partial charge in [0, 0.05) is 28.5 Å². The number of rotatable bonds is 7. The Labute approximate surface area is 242 Å². The minimum absolute atomic E-state index is 0.0613. The number of nitrogens with one attached hydrogen (secondary N) is 2. The van der Waals surface area contributed by atoms with E-state index in [2.05, 4.69) is 10.6 Å². The van der Waals surface area contributed by atoms with Crippen molar-refractivity contribution in [3.8, 4) is 0 Å². The van der Waals surface area contributed by atoms with Crippen LogP contribution in [0.15, 0.2) is 60.7 Å². The monoisotopic (exact) mass is 585 g/mol. The summed E-state index contributed by atoms with van der Waals surface area (Å²) in [6.45, 7) is 7.77. The SMILES string of the molecule is CCN(C(=O)Nc1ccc(C(=O)O)cc1)C(c1cccc(Cl)c1F)[C@@]1(CC(C)(C)C)C(=O)Nc2cc(Cl)ccc21. The zero-order chi connectivity index (χ0) is 29.4. The maximum Gasteiger partial charge on any atom is 0.335 e. The van der Waals surface area contributed by atoms with Gasteiger partial charge in [-0.25, -0.2) is 14.0 Å². The number of carboxylic acid groups (broad SMARTS) is 1. The zero-order valence-electron chi connectivity index (χ0n) is 22.5. The fourth-order valence-corrected chi connectivity index (χ4v) is 5.87. The van der Waals surface area contributed by atoms with E-state index in [1.54, 1.807) is 31.2 Å². The van der Waals surface area contributed by atoms with Crippen LogP contribution in [0.5, 0.6) is 0 Å². The molecule has 0 radical (unpaired) electrons. The molecule has 4 rings (SSSR count). The van der Waals surface area contributed by atoms with Gasteiger partial charge in [-0.15, -0.1) is 0 Å². The molecule has 3 aromatic carbocycles. The molecule has 1 aliphatic heterocycles. The second kappa shape index (κ2) is 11.1. The van der Waals surface area contributed by atoms with Crippen LogP contribution in [0.3, 0.4) is 0 Å². The van der Waals surface area contributed by atoms with E-state index in [0.29, 0.717) is 22.0 Å². The Morgan fingerprint density at radius 2 is 1.77 bits per heavy atom. The number of fused-ring (bicyclic) bond motifs is 1. The molecule has 0 saturated heterocycles. The number of carbonyl (C=O) groups excluding carboxylic acids is 2. The molecule has 7 nitrogen and oxygen atoms in total. The molecule has 1 heterocycles. The summed E-state index contributed by atoms with van der Waals surface area (Å²) in [7, 11) is 0. The Hall–Kier alpha value is -3.62. The first-order valence-corrected chi connectivity index (χ1v) is 13.5. The lowest BCUT2D eigenvalue weighted by atomic mass is 9.64. The fourth-order valence-electron chi connectivity index (χ4n) is 5.51. The molecule has 210 valence electrons. The van der Waals surface area contributed by atoms with Crippen LogP contribution >= 0.6 is 23.2 Å². The lowest BCUT2D eigenvalue weighted by Crippen LogP contribution is -2.53. The van der Waals surface area contributed by atoms with Gasteiger partial charge in [0.05, 0.1) is 16.6 Å². The van der Waals surface area contributed by atoms with E-state index in [1.807, 2.05) is 20.8 Å². The van der Waals surface area contributed by atoms with Gasteiger partial charge in [0.15, 0.2) is 0 Å². The van der Waals surface area contributed by atoms with E-state index >= 15 is 4.39 Å². The highest BCUT2D eigenvalue weighted by Gasteiger charge is 2.57. The highest BCUT2D eigenvalue weighted by atomic mass is 35.5. The smallest absolute Gasteiger partial charge is 0.335 e. The molecule has 3 aromatic rings. The number of likely N-dealkylation sites (N-methyl/N-ethyl adjacent to an activating group) is 1. The van der Waals surface area contributed by atoms with E-state index in [-0.39, 0.29) is 35.0 Å². The lowest BCUT2D eigenvalue weighted by Gasteiger charge is -2.45. The summed E-state index contributed by atoms with van der Waals surface area (Å²) in [5.41, 5.74) is -0.266. The topological polar surface area (TPSA) is 98.7 Å².